The van der Waals surface area contributed by atoms with Gasteiger partial charge in [0, 0.05) is 11.4 Å². The third kappa shape index (κ3) is 2.77. The van der Waals surface area contributed by atoms with E-state index in [0.717, 1.165) is 17.8 Å². The van der Waals surface area contributed by atoms with Gasteiger partial charge >= 0.3 is 5.97 Å². The SMILES string of the molecule is CCOC(=O)c1cc(N)ccc1-n1nc(C)c(CC)c1C. The number of aromatic nitrogens is 2. The first-order valence-corrected chi connectivity index (χ1v) is 7.11. The van der Waals surface area contributed by atoms with E-state index in [0.29, 0.717) is 23.5 Å². The van der Waals surface area contributed by atoms with Gasteiger partial charge in [0.05, 0.1) is 23.6 Å². The van der Waals surface area contributed by atoms with E-state index in [2.05, 4.69) is 12.0 Å². The number of anilines is 1. The zero-order chi connectivity index (χ0) is 15.6. The molecule has 1 aromatic heterocycles. The van der Waals surface area contributed by atoms with Gasteiger partial charge < -0.3 is 10.5 Å². The van der Waals surface area contributed by atoms with Crippen molar-refractivity contribution in [1.29, 1.82) is 0 Å². The van der Waals surface area contributed by atoms with Crippen molar-refractivity contribution in [3.8, 4) is 5.69 Å². The first kappa shape index (κ1) is 15.1. The Balaban J connectivity index is 2.61. The molecule has 2 rings (SSSR count). The third-order valence-electron chi connectivity index (χ3n) is 3.54. The van der Waals surface area contributed by atoms with Crippen LogP contribution in [-0.4, -0.2) is 22.4 Å². The molecule has 2 aromatic rings. The van der Waals surface area contributed by atoms with Crippen molar-refractivity contribution in [3.05, 3.63) is 40.7 Å². The van der Waals surface area contributed by atoms with Crippen LogP contribution in [0.5, 0.6) is 0 Å². The van der Waals surface area contributed by atoms with Gasteiger partial charge in [0.15, 0.2) is 0 Å². The summed E-state index contributed by atoms with van der Waals surface area (Å²) in [4.78, 5) is 12.1. The van der Waals surface area contributed by atoms with Crippen LogP contribution >= 0.6 is 0 Å². The minimum Gasteiger partial charge on any atom is -0.462 e. The quantitative estimate of drug-likeness (QED) is 0.693. The van der Waals surface area contributed by atoms with Gasteiger partial charge in [0.2, 0.25) is 0 Å². The van der Waals surface area contributed by atoms with Crippen molar-refractivity contribution in [2.24, 2.45) is 0 Å². The van der Waals surface area contributed by atoms with Crippen LogP contribution in [0, 0.1) is 13.8 Å². The predicted molar refractivity (Wildman–Crippen MR) is 82.8 cm³/mol. The molecule has 1 heterocycles. The van der Waals surface area contributed by atoms with E-state index in [1.165, 1.54) is 5.56 Å². The number of ether oxygens (including phenoxy) is 1. The normalized spacial score (nSPS) is 10.7. The molecule has 0 radical (unpaired) electrons. The van der Waals surface area contributed by atoms with Crippen molar-refractivity contribution >= 4 is 11.7 Å². The first-order valence-electron chi connectivity index (χ1n) is 7.11. The molecule has 21 heavy (non-hydrogen) atoms. The highest BCUT2D eigenvalue weighted by atomic mass is 16.5. The number of aryl methyl sites for hydroxylation is 1. The van der Waals surface area contributed by atoms with Crippen molar-refractivity contribution in [3.63, 3.8) is 0 Å². The predicted octanol–water partition coefficient (Wildman–Crippen LogP) is 2.81. The lowest BCUT2D eigenvalue weighted by atomic mass is 10.1. The molecule has 0 aliphatic rings. The number of nitrogen functional groups attached to an aromatic ring is 1. The van der Waals surface area contributed by atoms with Gasteiger partial charge in [0.1, 0.15) is 0 Å². The monoisotopic (exact) mass is 287 g/mol. The number of benzene rings is 1. The molecule has 112 valence electrons. The zero-order valence-electron chi connectivity index (χ0n) is 12.9. The summed E-state index contributed by atoms with van der Waals surface area (Å²) in [5.41, 5.74) is 10.7. The lowest BCUT2D eigenvalue weighted by molar-refractivity contribution is 0.0526. The maximum absolute atomic E-state index is 12.1. The smallest absolute Gasteiger partial charge is 0.340 e. The number of esters is 1. The van der Waals surface area contributed by atoms with Crippen LogP contribution < -0.4 is 5.73 Å². The van der Waals surface area contributed by atoms with Crippen molar-refractivity contribution in [1.82, 2.24) is 9.78 Å². The van der Waals surface area contributed by atoms with Gasteiger partial charge in [-0.2, -0.15) is 5.10 Å². The number of hydrogen-bond acceptors (Lipinski definition) is 4. The second-order valence-corrected chi connectivity index (χ2v) is 4.91. The number of carbonyl (C=O) groups excluding carboxylic acids is 1. The van der Waals surface area contributed by atoms with Crippen LogP contribution in [0.3, 0.4) is 0 Å². The van der Waals surface area contributed by atoms with E-state index in [4.69, 9.17) is 10.5 Å². The fourth-order valence-electron chi connectivity index (χ4n) is 2.53. The van der Waals surface area contributed by atoms with E-state index in [1.54, 1.807) is 29.8 Å². The van der Waals surface area contributed by atoms with E-state index >= 15 is 0 Å². The van der Waals surface area contributed by atoms with Crippen LogP contribution in [0.4, 0.5) is 5.69 Å². The molecule has 0 saturated heterocycles. The standard InChI is InChI=1S/C16H21N3O2/c1-5-13-10(3)18-19(11(13)4)15-8-7-12(17)9-14(15)16(20)21-6-2/h7-9H,5-6,17H2,1-4H3. The number of nitrogens with zero attached hydrogens (tertiary/aromatic N) is 2. The topological polar surface area (TPSA) is 70.1 Å². The Bertz CT molecular complexity index is 674. The summed E-state index contributed by atoms with van der Waals surface area (Å²) in [6, 6.07) is 5.20. The molecule has 0 bridgehead atoms. The van der Waals surface area contributed by atoms with Crippen LogP contribution in [0.2, 0.25) is 0 Å². The van der Waals surface area contributed by atoms with Gasteiger partial charge in [-0.25, -0.2) is 9.48 Å². The molecule has 0 unspecified atom stereocenters. The minimum absolute atomic E-state index is 0.324. The van der Waals surface area contributed by atoms with Gasteiger partial charge in [-0.3, -0.25) is 0 Å². The average Bonchev–Trinajstić information content (AvgIpc) is 2.73. The van der Waals surface area contributed by atoms with Gasteiger partial charge in [0.25, 0.3) is 0 Å². The van der Waals surface area contributed by atoms with Gasteiger partial charge in [-0.05, 0) is 51.0 Å². The summed E-state index contributed by atoms with van der Waals surface area (Å²) in [7, 11) is 0. The van der Waals surface area contributed by atoms with Gasteiger partial charge in [-0.15, -0.1) is 0 Å². The molecule has 0 aliphatic carbocycles. The lowest BCUT2D eigenvalue weighted by Crippen LogP contribution is -2.12. The zero-order valence-corrected chi connectivity index (χ0v) is 12.9. The molecule has 0 spiro atoms. The Hall–Kier alpha value is -2.30. The molecule has 0 amide bonds. The Labute approximate surface area is 124 Å². The highest BCUT2D eigenvalue weighted by Crippen LogP contribution is 2.23. The van der Waals surface area contributed by atoms with Crippen LogP contribution in [0.1, 0.15) is 41.2 Å². The largest absolute Gasteiger partial charge is 0.462 e. The highest BCUT2D eigenvalue weighted by Gasteiger charge is 2.18. The summed E-state index contributed by atoms with van der Waals surface area (Å²) in [5, 5.41) is 4.55. The van der Waals surface area contributed by atoms with Gasteiger partial charge in [-0.1, -0.05) is 6.92 Å². The van der Waals surface area contributed by atoms with Crippen LogP contribution in [0.25, 0.3) is 5.69 Å². The van der Waals surface area contributed by atoms with Crippen LogP contribution in [-0.2, 0) is 11.2 Å². The third-order valence-corrected chi connectivity index (χ3v) is 3.54. The van der Waals surface area contributed by atoms with Crippen molar-refractivity contribution < 1.29 is 9.53 Å². The van der Waals surface area contributed by atoms with E-state index in [1.807, 2.05) is 13.8 Å². The molecule has 2 N–H and O–H groups in total. The van der Waals surface area contributed by atoms with E-state index < -0.39 is 0 Å². The molecule has 0 atom stereocenters. The number of nitrogens with two attached hydrogens (primary N) is 1. The number of rotatable bonds is 4. The van der Waals surface area contributed by atoms with Crippen molar-refractivity contribution in [2.75, 3.05) is 12.3 Å². The fraction of sp³-hybridized carbons (Fsp3) is 0.375. The molecule has 1 aromatic carbocycles. The number of carbonyl (C=O) groups is 1. The Kier molecular flexibility index (Phi) is 4.31. The second kappa shape index (κ2) is 5.99. The molecular weight excluding hydrogens is 266 g/mol. The summed E-state index contributed by atoms with van der Waals surface area (Å²) in [5.74, 6) is -0.384. The Morgan fingerprint density at radius 1 is 1.33 bits per heavy atom. The molecule has 0 fully saturated rings. The Morgan fingerprint density at radius 3 is 2.62 bits per heavy atom. The minimum atomic E-state index is -0.384. The molecular formula is C16H21N3O2. The summed E-state index contributed by atoms with van der Waals surface area (Å²) >= 11 is 0. The highest BCUT2D eigenvalue weighted by molar-refractivity contribution is 5.94. The maximum atomic E-state index is 12.1. The molecule has 5 nitrogen and oxygen atoms in total. The van der Waals surface area contributed by atoms with Crippen molar-refractivity contribution in [2.45, 2.75) is 34.1 Å². The fourth-order valence-corrected chi connectivity index (χ4v) is 2.53. The average molecular weight is 287 g/mol. The lowest BCUT2D eigenvalue weighted by Gasteiger charge is -2.11. The maximum Gasteiger partial charge on any atom is 0.340 e. The molecule has 5 heteroatoms. The summed E-state index contributed by atoms with van der Waals surface area (Å²) in [6.45, 7) is 8.18. The first-order chi connectivity index (χ1) is 9.99. The molecule has 0 saturated carbocycles. The molecule has 0 aliphatic heterocycles. The second-order valence-electron chi connectivity index (χ2n) is 4.91. The van der Waals surface area contributed by atoms with Crippen LogP contribution in [0.15, 0.2) is 18.2 Å². The summed E-state index contributed by atoms with van der Waals surface area (Å²) < 4.78 is 6.90. The number of hydrogen-bond donors (Lipinski definition) is 1. The van der Waals surface area contributed by atoms with E-state index in [-0.39, 0.29) is 5.97 Å². The summed E-state index contributed by atoms with van der Waals surface area (Å²) in [6.07, 6.45) is 0.904. The van der Waals surface area contributed by atoms with E-state index in [9.17, 15) is 4.79 Å². The Morgan fingerprint density at radius 2 is 2.05 bits per heavy atom.